The molecule has 0 N–H and O–H groups in total. The van der Waals surface area contributed by atoms with Gasteiger partial charge in [0.05, 0.1) is 0 Å². The lowest BCUT2D eigenvalue weighted by molar-refractivity contribution is 0.257. The van der Waals surface area contributed by atoms with Gasteiger partial charge in [-0.15, -0.1) is 6.58 Å². The highest BCUT2D eigenvalue weighted by atomic mass is 15.1. The Hall–Kier alpha value is -1.15. The highest BCUT2D eigenvalue weighted by Crippen LogP contribution is 2.16. The molecule has 14 heavy (non-hydrogen) atoms. The van der Waals surface area contributed by atoms with Crippen LogP contribution in [0, 0.1) is 0 Å². The van der Waals surface area contributed by atoms with Crippen molar-refractivity contribution in [2.45, 2.75) is 19.4 Å². The molecular weight excluding hydrogens is 172 g/mol. The van der Waals surface area contributed by atoms with Crippen molar-refractivity contribution < 1.29 is 0 Å². The van der Waals surface area contributed by atoms with Gasteiger partial charge in [0.2, 0.25) is 0 Å². The van der Waals surface area contributed by atoms with Crippen LogP contribution in [0.2, 0.25) is 0 Å². The fourth-order valence-electron chi connectivity index (χ4n) is 1.89. The molecule has 1 aliphatic heterocycles. The maximum atomic E-state index is 4.39. The third kappa shape index (κ3) is 2.02. The maximum absolute atomic E-state index is 4.39. The first kappa shape index (κ1) is 9.41. The first-order valence-electron chi connectivity index (χ1n) is 5.16. The second kappa shape index (κ2) is 4.38. The quantitative estimate of drug-likeness (QED) is 0.675. The lowest BCUT2D eigenvalue weighted by atomic mass is 10.1. The Labute approximate surface area is 85.3 Å². The minimum Gasteiger partial charge on any atom is -0.298 e. The van der Waals surface area contributed by atoms with E-state index in [2.05, 4.69) is 22.5 Å². The van der Waals surface area contributed by atoms with Crippen molar-refractivity contribution in [1.29, 1.82) is 0 Å². The molecule has 0 fully saturated rings. The molecule has 1 aliphatic rings. The van der Waals surface area contributed by atoms with E-state index in [4.69, 9.17) is 0 Å². The van der Waals surface area contributed by atoms with Gasteiger partial charge in [-0.25, -0.2) is 0 Å². The summed E-state index contributed by atoms with van der Waals surface area (Å²) in [6.07, 6.45) is 6.04. The summed E-state index contributed by atoms with van der Waals surface area (Å²) >= 11 is 0. The van der Waals surface area contributed by atoms with E-state index in [1.54, 1.807) is 0 Å². The molecule has 0 bridgehead atoms. The molecule has 0 amide bonds. The van der Waals surface area contributed by atoms with Crippen LogP contribution in [0.15, 0.2) is 31.0 Å². The van der Waals surface area contributed by atoms with Gasteiger partial charge in [0.1, 0.15) is 0 Å². The van der Waals surface area contributed by atoms with Crippen molar-refractivity contribution in [3.05, 3.63) is 42.2 Å². The van der Waals surface area contributed by atoms with E-state index < -0.39 is 0 Å². The third-order valence-electron chi connectivity index (χ3n) is 2.69. The molecule has 2 nitrogen and oxygen atoms in total. The molecule has 0 saturated heterocycles. The van der Waals surface area contributed by atoms with Gasteiger partial charge >= 0.3 is 0 Å². The van der Waals surface area contributed by atoms with E-state index >= 15 is 0 Å². The highest BCUT2D eigenvalue weighted by molar-refractivity contribution is 5.22. The maximum Gasteiger partial charge on any atom is 0.0461 e. The molecule has 2 heterocycles. The van der Waals surface area contributed by atoms with Crippen molar-refractivity contribution in [3.63, 3.8) is 0 Å². The van der Waals surface area contributed by atoms with Gasteiger partial charge in [0, 0.05) is 37.9 Å². The number of hydrogen-bond donors (Lipinski definition) is 0. The molecule has 1 aromatic heterocycles. The predicted octanol–water partition coefficient (Wildman–Crippen LogP) is 2.02. The van der Waals surface area contributed by atoms with E-state index in [0.29, 0.717) is 0 Å². The molecule has 74 valence electrons. The van der Waals surface area contributed by atoms with Gasteiger partial charge in [-0.05, 0) is 18.1 Å². The number of fused-ring (bicyclic) bond motifs is 1. The zero-order valence-electron chi connectivity index (χ0n) is 8.45. The van der Waals surface area contributed by atoms with Crippen molar-refractivity contribution >= 4 is 0 Å². The fourth-order valence-corrected chi connectivity index (χ4v) is 1.89. The summed E-state index contributed by atoms with van der Waals surface area (Å²) in [5.41, 5.74) is 2.67. The molecule has 1 aromatic rings. The van der Waals surface area contributed by atoms with E-state index in [0.717, 1.165) is 32.5 Å². The summed E-state index contributed by atoms with van der Waals surface area (Å²) in [6.45, 7) is 7.06. The number of rotatable bonds is 3. The summed E-state index contributed by atoms with van der Waals surface area (Å²) < 4.78 is 0. The molecular formula is C12H16N2. The molecule has 2 rings (SSSR count). The van der Waals surface area contributed by atoms with E-state index in [1.165, 1.54) is 11.3 Å². The summed E-state index contributed by atoms with van der Waals surface area (Å²) in [4.78, 5) is 6.85. The Balaban J connectivity index is 2.02. The van der Waals surface area contributed by atoms with Gasteiger partial charge in [-0.2, -0.15) is 0 Å². The Bertz CT molecular complexity index is 320. The second-order valence-corrected chi connectivity index (χ2v) is 3.71. The number of hydrogen-bond acceptors (Lipinski definition) is 2. The largest absolute Gasteiger partial charge is 0.298 e. The highest BCUT2D eigenvalue weighted by Gasteiger charge is 2.15. The Morgan fingerprint density at radius 1 is 1.57 bits per heavy atom. The van der Waals surface area contributed by atoms with Crippen LogP contribution in [0.5, 0.6) is 0 Å². The SMILES string of the molecule is C=CCCN1CCc2ncccc2C1. The van der Waals surface area contributed by atoms with Crippen LogP contribution in [-0.2, 0) is 13.0 Å². The minimum absolute atomic E-state index is 1.05. The van der Waals surface area contributed by atoms with E-state index in [-0.39, 0.29) is 0 Å². The third-order valence-corrected chi connectivity index (χ3v) is 2.69. The number of nitrogens with zero attached hydrogens (tertiary/aromatic N) is 2. The Morgan fingerprint density at radius 2 is 2.50 bits per heavy atom. The first-order chi connectivity index (χ1) is 6.90. The van der Waals surface area contributed by atoms with Crippen molar-refractivity contribution in [1.82, 2.24) is 9.88 Å². The van der Waals surface area contributed by atoms with Crippen LogP contribution in [0.4, 0.5) is 0 Å². The lowest BCUT2D eigenvalue weighted by Gasteiger charge is -2.27. The Kier molecular flexibility index (Phi) is 2.94. The van der Waals surface area contributed by atoms with Crippen LogP contribution in [0.25, 0.3) is 0 Å². The molecule has 0 atom stereocenters. The van der Waals surface area contributed by atoms with Crippen LogP contribution in [0.3, 0.4) is 0 Å². The standard InChI is InChI=1S/C12H16N2/c1-2-3-8-14-9-6-12-11(10-14)5-4-7-13-12/h2,4-5,7H,1,3,6,8-10H2. The molecule has 0 saturated carbocycles. The summed E-state index contributed by atoms with van der Waals surface area (Å²) in [5, 5.41) is 0. The van der Waals surface area contributed by atoms with Crippen molar-refractivity contribution in [3.8, 4) is 0 Å². The van der Waals surface area contributed by atoms with E-state index in [1.807, 2.05) is 18.3 Å². The van der Waals surface area contributed by atoms with Crippen LogP contribution < -0.4 is 0 Å². The zero-order chi connectivity index (χ0) is 9.80. The van der Waals surface area contributed by atoms with E-state index in [9.17, 15) is 0 Å². The fraction of sp³-hybridized carbons (Fsp3) is 0.417. The molecule has 0 aliphatic carbocycles. The van der Waals surface area contributed by atoms with Crippen LogP contribution in [0.1, 0.15) is 17.7 Å². The summed E-state index contributed by atoms with van der Waals surface area (Å²) in [7, 11) is 0. The van der Waals surface area contributed by atoms with Crippen LogP contribution >= 0.6 is 0 Å². The molecule has 2 heteroatoms. The molecule has 0 unspecified atom stereocenters. The van der Waals surface area contributed by atoms with Gasteiger partial charge in [0.15, 0.2) is 0 Å². The number of pyridine rings is 1. The smallest absolute Gasteiger partial charge is 0.0461 e. The topological polar surface area (TPSA) is 16.1 Å². The van der Waals surface area contributed by atoms with Gasteiger partial charge in [-0.3, -0.25) is 9.88 Å². The van der Waals surface area contributed by atoms with Gasteiger partial charge in [-0.1, -0.05) is 12.1 Å². The Morgan fingerprint density at radius 3 is 3.36 bits per heavy atom. The normalized spacial score (nSPS) is 16.3. The van der Waals surface area contributed by atoms with Crippen LogP contribution in [-0.4, -0.2) is 23.0 Å². The van der Waals surface area contributed by atoms with Crippen molar-refractivity contribution in [2.75, 3.05) is 13.1 Å². The molecule has 0 radical (unpaired) electrons. The predicted molar refractivity (Wildman–Crippen MR) is 58.0 cm³/mol. The summed E-state index contributed by atoms with van der Waals surface area (Å²) in [5.74, 6) is 0. The van der Waals surface area contributed by atoms with Gasteiger partial charge in [0.25, 0.3) is 0 Å². The first-order valence-corrected chi connectivity index (χ1v) is 5.16. The zero-order valence-corrected chi connectivity index (χ0v) is 8.45. The average molecular weight is 188 g/mol. The second-order valence-electron chi connectivity index (χ2n) is 3.71. The average Bonchev–Trinajstić information content (AvgIpc) is 2.26. The lowest BCUT2D eigenvalue weighted by Crippen LogP contribution is -2.31. The summed E-state index contributed by atoms with van der Waals surface area (Å²) in [6, 6.07) is 4.21. The minimum atomic E-state index is 1.05. The monoisotopic (exact) mass is 188 g/mol. The van der Waals surface area contributed by atoms with Crippen molar-refractivity contribution in [2.24, 2.45) is 0 Å². The number of aromatic nitrogens is 1. The van der Waals surface area contributed by atoms with Gasteiger partial charge < -0.3 is 0 Å². The molecule has 0 aromatic carbocycles. The molecule has 0 spiro atoms.